The molecule has 0 aliphatic heterocycles. The van der Waals surface area contributed by atoms with Crippen molar-refractivity contribution >= 4 is 34.7 Å². The lowest BCUT2D eigenvalue weighted by molar-refractivity contribution is -0.129. The van der Waals surface area contributed by atoms with E-state index in [1.54, 1.807) is 0 Å². The Kier molecular flexibility index (Phi) is 23.1. The van der Waals surface area contributed by atoms with Crippen LogP contribution < -0.4 is 0 Å². The summed E-state index contributed by atoms with van der Waals surface area (Å²) in [6.45, 7) is 23.6. The van der Waals surface area contributed by atoms with Gasteiger partial charge in [0.15, 0.2) is 16.4 Å². The van der Waals surface area contributed by atoms with Gasteiger partial charge in [-0.2, -0.15) is 0 Å². The summed E-state index contributed by atoms with van der Waals surface area (Å²) in [7, 11) is 0. The second kappa shape index (κ2) is 29.7. The van der Waals surface area contributed by atoms with Gasteiger partial charge in [0.05, 0.1) is 5.92 Å². The number of rotatable bonds is 15. The summed E-state index contributed by atoms with van der Waals surface area (Å²) in [5.41, 5.74) is 6.91. The minimum Gasteiger partial charge on any atom is -0.299 e. The molecule has 0 saturated heterocycles. The van der Waals surface area contributed by atoms with Crippen molar-refractivity contribution in [1.29, 1.82) is 0 Å². The number of alkyl halides is 1. The van der Waals surface area contributed by atoms with Crippen molar-refractivity contribution in [3.8, 4) is 0 Å². The summed E-state index contributed by atoms with van der Waals surface area (Å²) in [5, 5.41) is 0. The molecule has 0 N–H and O–H groups in total. The predicted octanol–water partition coefficient (Wildman–Crippen LogP) is 20.1. The van der Waals surface area contributed by atoms with Crippen LogP contribution in [0.25, 0.3) is 0 Å². The van der Waals surface area contributed by atoms with E-state index in [0.717, 1.165) is 45.4 Å². The van der Waals surface area contributed by atoms with E-state index < -0.39 is 21.1 Å². The lowest BCUT2D eigenvalue weighted by Crippen LogP contribution is -2.45. The molecule has 0 fully saturated rings. The highest BCUT2D eigenvalue weighted by molar-refractivity contribution is 6.38. The molecule has 0 bridgehead atoms. The fraction of sp³-hybridized carbons (Fsp3) is 0.275. The van der Waals surface area contributed by atoms with Gasteiger partial charge < -0.3 is 0 Å². The monoisotopic (exact) mass is 1150 g/mol. The molecule has 0 aromatic heterocycles. The first-order valence-corrected chi connectivity index (χ1v) is 30.0. The third kappa shape index (κ3) is 17.3. The SMILES string of the molecule is CC(C)(C)C(=O)C(Cl)(c1ccccc1)c1ccccc1.CC(C)(C)C(=O)C(c1ccccc1)(c1ccccc1)c1ccccc1.CC(C)(C)C(=O)C(c1ccccc1)c1ccccc1.CC(C)(C)C(=O)CCC(c1ccccc1)c1ccccc1. The third-order valence-electron chi connectivity index (χ3n) is 15.1. The first kappa shape index (κ1) is 66.1. The molecule has 0 amide bonds. The summed E-state index contributed by atoms with van der Waals surface area (Å²) in [6, 6.07) is 90.4. The number of benzene rings is 9. The molecule has 0 spiro atoms. The van der Waals surface area contributed by atoms with Crippen molar-refractivity contribution in [2.75, 3.05) is 0 Å². The van der Waals surface area contributed by atoms with E-state index in [4.69, 9.17) is 11.6 Å². The molecule has 9 rings (SSSR count). The molecule has 0 aliphatic carbocycles. The van der Waals surface area contributed by atoms with Gasteiger partial charge in [-0.05, 0) is 56.5 Å². The average molecular weight is 1150 g/mol. The van der Waals surface area contributed by atoms with Crippen LogP contribution >= 0.6 is 11.6 Å². The summed E-state index contributed by atoms with van der Waals surface area (Å²) in [6.07, 6.45) is 1.49. The van der Waals surface area contributed by atoms with Crippen molar-refractivity contribution in [1.82, 2.24) is 0 Å². The van der Waals surface area contributed by atoms with E-state index in [9.17, 15) is 19.2 Å². The molecule has 0 radical (unpaired) electrons. The van der Waals surface area contributed by atoms with Crippen molar-refractivity contribution in [2.45, 2.75) is 118 Å². The van der Waals surface area contributed by atoms with Gasteiger partial charge in [-0.15, -0.1) is 11.6 Å². The van der Waals surface area contributed by atoms with Crippen LogP contribution in [-0.4, -0.2) is 23.1 Å². The molecular formula is C80H87ClO4. The number of hydrogen-bond acceptors (Lipinski definition) is 4. The quantitative estimate of drug-likeness (QED) is 0.0758. The lowest BCUT2D eigenvalue weighted by atomic mass is 9.61. The lowest BCUT2D eigenvalue weighted by Gasteiger charge is -2.39. The minimum atomic E-state index is -1.14. The van der Waals surface area contributed by atoms with Gasteiger partial charge in [0.2, 0.25) is 0 Å². The van der Waals surface area contributed by atoms with Crippen LogP contribution in [0.4, 0.5) is 0 Å². The molecule has 9 aromatic rings. The molecule has 4 nitrogen and oxygen atoms in total. The van der Waals surface area contributed by atoms with Gasteiger partial charge in [0.25, 0.3) is 0 Å². The summed E-state index contributed by atoms with van der Waals surface area (Å²) >= 11 is 6.88. The number of carbonyl (C=O) groups excluding carboxylic acids is 4. The smallest absolute Gasteiger partial charge is 0.168 e. The van der Waals surface area contributed by atoms with Crippen LogP contribution in [0.15, 0.2) is 273 Å². The summed E-state index contributed by atoms with van der Waals surface area (Å²) in [4.78, 5) is 50.7. The Labute approximate surface area is 513 Å². The normalized spacial score (nSPS) is 11.8. The van der Waals surface area contributed by atoms with Gasteiger partial charge >= 0.3 is 0 Å². The fourth-order valence-corrected chi connectivity index (χ4v) is 11.1. The first-order valence-electron chi connectivity index (χ1n) is 29.7. The number of halogens is 1. The maximum Gasteiger partial charge on any atom is 0.168 e. The van der Waals surface area contributed by atoms with Crippen LogP contribution in [0.1, 0.15) is 158 Å². The highest BCUT2D eigenvalue weighted by atomic mass is 35.5. The Morgan fingerprint density at radius 3 is 0.800 bits per heavy atom. The standard InChI is InChI=1S/C24H24O.C20H24O.C18H19ClO.C18H20O/c1-23(2,3)22(25)24(19-13-7-4-8-14-19,20-15-9-5-10-16-20)21-17-11-6-12-18-21;1-20(2,3)19(21)15-14-18(16-10-6-4-7-11-16)17-12-8-5-9-13-17;1-17(2,3)16(20)18(19,14-10-6-4-7-11-14)15-12-8-5-9-13-15;1-18(2,3)17(19)16(14-10-6-4-7-11-14)15-12-8-5-9-13-15/h4-18H,1-3H3;4-13,18H,14-15H2,1-3H3;4-13H,1-3H3;4-13,16H,1-3H3. The molecule has 5 heteroatoms. The molecule has 0 aliphatic rings. The number of hydrogen-bond donors (Lipinski definition) is 0. The zero-order valence-corrected chi connectivity index (χ0v) is 52.8. The maximum atomic E-state index is 13.9. The second-order valence-corrected chi connectivity index (χ2v) is 26.4. The summed E-state index contributed by atoms with van der Waals surface area (Å²) in [5.74, 6) is 0.901. The highest BCUT2D eigenvalue weighted by Gasteiger charge is 2.48. The van der Waals surface area contributed by atoms with E-state index in [2.05, 4.69) is 84.9 Å². The van der Waals surface area contributed by atoms with E-state index in [1.165, 1.54) is 11.1 Å². The highest BCUT2D eigenvalue weighted by Crippen LogP contribution is 2.45. The molecule has 0 atom stereocenters. The van der Waals surface area contributed by atoms with E-state index >= 15 is 0 Å². The van der Waals surface area contributed by atoms with Crippen molar-refractivity contribution < 1.29 is 19.2 Å². The van der Waals surface area contributed by atoms with E-state index in [1.807, 2.05) is 271 Å². The van der Waals surface area contributed by atoms with Gasteiger partial charge in [0.1, 0.15) is 17.0 Å². The Hall–Kier alpha value is -8.05. The molecule has 0 heterocycles. The molecule has 438 valence electrons. The van der Waals surface area contributed by atoms with Crippen LogP contribution in [0, 0.1) is 21.7 Å². The molecule has 9 aromatic carbocycles. The Morgan fingerprint density at radius 1 is 0.306 bits per heavy atom. The minimum absolute atomic E-state index is 0.00377. The van der Waals surface area contributed by atoms with Crippen LogP contribution in [0.5, 0.6) is 0 Å². The molecule has 0 unspecified atom stereocenters. The average Bonchev–Trinajstić information content (AvgIpc) is 1.88. The Bertz CT molecular complexity index is 3230. The number of ketones is 4. The predicted molar refractivity (Wildman–Crippen MR) is 355 cm³/mol. The second-order valence-electron chi connectivity index (χ2n) is 25.9. The van der Waals surface area contributed by atoms with E-state index in [0.29, 0.717) is 18.1 Å². The maximum absolute atomic E-state index is 13.9. The first-order chi connectivity index (χ1) is 40.3. The van der Waals surface area contributed by atoms with Crippen LogP contribution in [0.3, 0.4) is 0 Å². The van der Waals surface area contributed by atoms with Crippen molar-refractivity contribution in [3.63, 3.8) is 0 Å². The van der Waals surface area contributed by atoms with E-state index in [-0.39, 0.29) is 34.1 Å². The molecular weight excluding hydrogens is 1060 g/mol. The van der Waals surface area contributed by atoms with Gasteiger partial charge in [-0.3, -0.25) is 19.2 Å². The number of Topliss-reactive ketones (excluding diaryl/α,β-unsaturated/α-hetero) is 4. The Morgan fingerprint density at radius 2 is 0.553 bits per heavy atom. The van der Waals surface area contributed by atoms with Crippen LogP contribution in [-0.2, 0) is 29.5 Å². The third-order valence-corrected chi connectivity index (χ3v) is 15.8. The fourth-order valence-electron chi connectivity index (χ4n) is 10.6. The van der Waals surface area contributed by atoms with Crippen molar-refractivity contribution in [3.05, 3.63) is 323 Å². The van der Waals surface area contributed by atoms with Crippen molar-refractivity contribution in [2.24, 2.45) is 21.7 Å². The Balaban J connectivity index is 0.000000183. The largest absolute Gasteiger partial charge is 0.299 e. The van der Waals surface area contributed by atoms with Gasteiger partial charge in [-0.1, -0.05) is 356 Å². The zero-order valence-electron chi connectivity index (χ0n) is 52.1. The zero-order chi connectivity index (χ0) is 61.9. The summed E-state index contributed by atoms with van der Waals surface area (Å²) < 4.78 is 0. The number of carbonyl (C=O) groups is 4. The van der Waals surface area contributed by atoms with Gasteiger partial charge in [-0.25, -0.2) is 0 Å². The topological polar surface area (TPSA) is 68.3 Å². The molecule has 0 saturated carbocycles. The van der Waals surface area contributed by atoms with Gasteiger partial charge in [0, 0.05) is 34.0 Å². The molecule has 85 heavy (non-hydrogen) atoms. The van der Waals surface area contributed by atoms with Crippen LogP contribution in [0.2, 0.25) is 0 Å².